The summed E-state index contributed by atoms with van der Waals surface area (Å²) in [7, 11) is 0. The van der Waals surface area contributed by atoms with Crippen LogP contribution < -0.4 is 0 Å². The second-order valence-corrected chi connectivity index (χ2v) is 4.87. The second-order valence-electron chi connectivity index (χ2n) is 4.87. The molecule has 2 unspecified atom stereocenters. The highest BCUT2D eigenvalue weighted by Crippen LogP contribution is 2.54. The quantitative estimate of drug-likeness (QED) is 0.541. The minimum absolute atomic E-state index is 0.202. The van der Waals surface area contributed by atoms with Crippen molar-refractivity contribution >= 4 is 17.9 Å². The molecule has 1 rings (SSSR count). The number of carbonyl (C=O) groups excluding carboxylic acids is 1. The van der Waals surface area contributed by atoms with Crippen molar-refractivity contribution in [3.63, 3.8) is 0 Å². The first-order valence-electron chi connectivity index (χ1n) is 4.81. The van der Waals surface area contributed by atoms with Gasteiger partial charge in [-0.15, -0.1) is 0 Å². The predicted octanol–water partition coefficient (Wildman–Crippen LogP) is 0.504. The van der Waals surface area contributed by atoms with Crippen LogP contribution >= 0.6 is 0 Å². The van der Waals surface area contributed by atoms with Crippen LogP contribution in [0.3, 0.4) is 0 Å². The normalized spacial score (nSPS) is 28.3. The molecule has 2 atom stereocenters. The summed E-state index contributed by atoms with van der Waals surface area (Å²) in [6, 6.07) is 0. The van der Waals surface area contributed by atoms with E-state index in [-0.39, 0.29) is 6.42 Å². The zero-order valence-electron chi connectivity index (χ0n) is 9.31. The standard InChI is InChI=1S/C10H14O6/c1-9(2,3)16-8(15)10(7(13)14)4-5(10)6(11)12/h5H,4H2,1-3H3,(H,11,12)(H,13,14). The lowest BCUT2D eigenvalue weighted by molar-refractivity contribution is -0.172. The van der Waals surface area contributed by atoms with E-state index in [0.717, 1.165) is 0 Å². The molecule has 0 heterocycles. The van der Waals surface area contributed by atoms with Gasteiger partial charge in [0.2, 0.25) is 0 Å². The summed E-state index contributed by atoms with van der Waals surface area (Å²) in [6.07, 6.45) is -0.202. The Morgan fingerprint density at radius 2 is 1.75 bits per heavy atom. The van der Waals surface area contributed by atoms with E-state index < -0.39 is 34.8 Å². The van der Waals surface area contributed by atoms with Gasteiger partial charge in [0.1, 0.15) is 5.60 Å². The van der Waals surface area contributed by atoms with Crippen molar-refractivity contribution in [1.82, 2.24) is 0 Å². The summed E-state index contributed by atoms with van der Waals surface area (Å²) >= 11 is 0. The van der Waals surface area contributed by atoms with Crippen LogP contribution in [0.5, 0.6) is 0 Å². The summed E-state index contributed by atoms with van der Waals surface area (Å²) in [4.78, 5) is 33.3. The first-order valence-corrected chi connectivity index (χ1v) is 4.81. The number of carboxylic acids is 2. The molecule has 1 aliphatic rings. The van der Waals surface area contributed by atoms with Gasteiger partial charge in [-0.1, -0.05) is 0 Å². The van der Waals surface area contributed by atoms with Crippen molar-refractivity contribution < 1.29 is 29.3 Å². The van der Waals surface area contributed by atoms with Crippen LogP contribution in [-0.2, 0) is 19.1 Å². The Morgan fingerprint density at radius 1 is 1.25 bits per heavy atom. The van der Waals surface area contributed by atoms with E-state index >= 15 is 0 Å². The van der Waals surface area contributed by atoms with E-state index in [1.807, 2.05) is 0 Å². The Labute approximate surface area is 92.2 Å². The van der Waals surface area contributed by atoms with Crippen molar-refractivity contribution in [2.24, 2.45) is 11.3 Å². The Morgan fingerprint density at radius 3 is 2.00 bits per heavy atom. The molecule has 90 valence electrons. The van der Waals surface area contributed by atoms with Crippen molar-refractivity contribution in [1.29, 1.82) is 0 Å². The van der Waals surface area contributed by atoms with Crippen LogP contribution in [0.2, 0.25) is 0 Å². The molecule has 0 aromatic rings. The third-order valence-corrected chi connectivity index (χ3v) is 2.40. The maximum atomic E-state index is 11.6. The van der Waals surface area contributed by atoms with E-state index in [2.05, 4.69) is 0 Å². The first-order chi connectivity index (χ1) is 7.11. The number of hydrogen-bond acceptors (Lipinski definition) is 4. The van der Waals surface area contributed by atoms with Gasteiger partial charge in [-0.25, -0.2) is 0 Å². The summed E-state index contributed by atoms with van der Waals surface area (Å²) in [5.74, 6) is -4.87. The fourth-order valence-electron chi connectivity index (χ4n) is 1.48. The maximum Gasteiger partial charge on any atom is 0.324 e. The van der Waals surface area contributed by atoms with Crippen LogP contribution in [0.1, 0.15) is 27.2 Å². The minimum Gasteiger partial charge on any atom is -0.481 e. The molecule has 0 aliphatic heterocycles. The predicted molar refractivity (Wildman–Crippen MR) is 51.7 cm³/mol. The molecule has 1 saturated carbocycles. The lowest BCUT2D eigenvalue weighted by Gasteiger charge is -2.22. The molecule has 1 aliphatic carbocycles. The van der Waals surface area contributed by atoms with Crippen molar-refractivity contribution in [3.05, 3.63) is 0 Å². The van der Waals surface area contributed by atoms with Gasteiger partial charge in [0.05, 0.1) is 5.92 Å². The van der Waals surface area contributed by atoms with Crippen LogP contribution in [0.15, 0.2) is 0 Å². The Hall–Kier alpha value is -1.59. The minimum atomic E-state index is -1.89. The number of esters is 1. The van der Waals surface area contributed by atoms with Gasteiger partial charge in [-0.05, 0) is 27.2 Å². The molecule has 16 heavy (non-hydrogen) atoms. The molecule has 0 radical (unpaired) electrons. The fraction of sp³-hybridized carbons (Fsp3) is 0.700. The molecule has 0 aromatic heterocycles. The molecular weight excluding hydrogens is 216 g/mol. The third kappa shape index (κ3) is 2.00. The van der Waals surface area contributed by atoms with Gasteiger partial charge < -0.3 is 14.9 Å². The average molecular weight is 230 g/mol. The number of rotatable bonds is 3. The van der Waals surface area contributed by atoms with Crippen molar-refractivity contribution in [3.8, 4) is 0 Å². The molecule has 6 heteroatoms. The van der Waals surface area contributed by atoms with Crippen LogP contribution in [0.4, 0.5) is 0 Å². The van der Waals surface area contributed by atoms with Gasteiger partial charge in [0.15, 0.2) is 5.41 Å². The van der Waals surface area contributed by atoms with Crippen LogP contribution in [0.25, 0.3) is 0 Å². The summed E-state index contributed by atoms with van der Waals surface area (Å²) < 4.78 is 4.92. The zero-order valence-corrected chi connectivity index (χ0v) is 9.31. The van der Waals surface area contributed by atoms with E-state index in [1.54, 1.807) is 20.8 Å². The molecule has 1 fully saturated rings. The molecule has 0 spiro atoms. The maximum absolute atomic E-state index is 11.6. The van der Waals surface area contributed by atoms with E-state index in [1.165, 1.54) is 0 Å². The summed E-state index contributed by atoms with van der Waals surface area (Å²) in [5, 5.41) is 17.6. The first kappa shape index (κ1) is 12.5. The van der Waals surface area contributed by atoms with Gasteiger partial charge in [0.25, 0.3) is 0 Å². The highest BCUT2D eigenvalue weighted by Gasteiger charge is 2.71. The third-order valence-electron chi connectivity index (χ3n) is 2.40. The number of aliphatic carboxylic acids is 2. The number of carbonyl (C=O) groups is 3. The van der Waals surface area contributed by atoms with E-state index in [0.29, 0.717) is 0 Å². The van der Waals surface area contributed by atoms with Crippen LogP contribution in [-0.4, -0.2) is 33.7 Å². The monoisotopic (exact) mass is 230 g/mol. The Balaban J connectivity index is 2.87. The van der Waals surface area contributed by atoms with Gasteiger partial charge in [-0.2, -0.15) is 0 Å². The lowest BCUT2D eigenvalue weighted by atomic mass is 10.0. The molecular formula is C10H14O6. The molecule has 2 N–H and O–H groups in total. The molecule has 0 saturated heterocycles. The molecule has 6 nitrogen and oxygen atoms in total. The van der Waals surface area contributed by atoms with Gasteiger partial charge >= 0.3 is 17.9 Å². The Bertz CT molecular complexity index is 353. The van der Waals surface area contributed by atoms with E-state index in [9.17, 15) is 14.4 Å². The van der Waals surface area contributed by atoms with Crippen molar-refractivity contribution in [2.75, 3.05) is 0 Å². The molecule has 0 amide bonds. The highest BCUT2D eigenvalue weighted by atomic mass is 16.6. The second kappa shape index (κ2) is 3.47. The Kier molecular flexibility index (Phi) is 2.70. The molecule has 0 bridgehead atoms. The number of ether oxygens (including phenoxy) is 1. The van der Waals surface area contributed by atoms with E-state index in [4.69, 9.17) is 14.9 Å². The van der Waals surface area contributed by atoms with Gasteiger partial charge in [0, 0.05) is 0 Å². The number of carboxylic acid groups (broad SMARTS) is 2. The average Bonchev–Trinajstić information content (AvgIpc) is 2.74. The summed E-state index contributed by atoms with van der Waals surface area (Å²) in [5.41, 5.74) is -2.72. The van der Waals surface area contributed by atoms with Gasteiger partial charge in [-0.3, -0.25) is 14.4 Å². The highest BCUT2D eigenvalue weighted by molar-refractivity contribution is 6.08. The summed E-state index contributed by atoms with van der Waals surface area (Å²) in [6.45, 7) is 4.79. The van der Waals surface area contributed by atoms with Crippen molar-refractivity contribution in [2.45, 2.75) is 32.8 Å². The molecule has 0 aromatic carbocycles. The zero-order chi connectivity index (χ0) is 12.7. The fourth-order valence-corrected chi connectivity index (χ4v) is 1.48. The lowest BCUT2D eigenvalue weighted by Crippen LogP contribution is -2.36. The topological polar surface area (TPSA) is 101 Å². The van der Waals surface area contributed by atoms with Crippen LogP contribution in [0, 0.1) is 11.3 Å². The largest absolute Gasteiger partial charge is 0.481 e. The smallest absolute Gasteiger partial charge is 0.324 e. The SMILES string of the molecule is CC(C)(C)OC(=O)C1(C(=O)O)CC1C(=O)O. The number of hydrogen-bond donors (Lipinski definition) is 2.